The van der Waals surface area contributed by atoms with Gasteiger partial charge in [-0.15, -0.1) is 0 Å². The molecule has 1 aromatic heterocycles. The summed E-state index contributed by atoms with van der Waals surface area (Å²) in [6.07, 6.45) is 0.150. The predicted octanol–water partition coefficient (Wildman–Crippen LogP) is 5.96. The molecule has 8 heteroatoms. The molecular weight excluding hydrogens is 467 g/mol. The van der Waals surface area contributed by atoms with Gasteiger partial charge in [0.25, 0.3) is 10.0 Å². The van der Waals surface area contributed by atoms with E-state index in [9.17, 15) is 13.7 Å². The minimum absolute atomic E-state index is 0.140. The van der Waals surface area contributed by atoms with Crippen LogP contribution in [-0.4, -0.2) is 19.5 Å². The molecule has 0 unspecified atom stereocenters. The van der Waals surface area contributed by atoms with E-state index in [1.165, 1.54) is 23.2 Å². The molecule has 0 N–H and O–H groups in total. The molecule has 0 spiro atoms. The Bertz CT molecular complexity index is 1490. The Morgan fingerprint density at radius 3 is 2.44 bits per heavy atom. The zero-order valence-corrected chi connectivity index (χ0v) is 19.6. The first-order valence-electron chi connectivity index (χ1n) is 9.64. The number of aryl methyl sites for hydroxylation is 1. The van der Waals surface area contributed by atoms with Crippen molar-refractivity contribution in [2.24, 2.45) is 0 Å². The molecular formula is C24H18Cl2N2O3S. The van der Waals surface area contributed by atoms with E-state index in [4.69, 9.17) is 27.9 Å². The number of hydrogen-bond donors (Lipinski definition) is 0. The van der Waals surface area contributed by atoms with Crippen molar-refractivity contribution in [2.75, 3.05) is 7.11 Å². The van der Waals surface area contributed by atoms with Crippen LogP contribution in [0.25, 0.3) is 10.9 Å². The fourth-order valence-corrected chi connectivity index (χ4v) is 5.89. The number of benzene rings is 3. The van der Waals surface area contributed by atoms with Gasteiger partial charge >= 0.3 is 0 Å². The summed E-state index contributed by atoms with van der Waals surface area (Å²) in [7, 11) is -2.46. The maximum Gasteiger partial charge on any atom is 0.268 e. The van der Waals surface area contributed by atoms with Crippen LogP contribution in [0.15, 0.2) is 65.6 Å². The molecule has 0 bridgehead atoms. The number of halogens is 2. The summed E-state index contributed by atoms with van der Waals surface area (Å²) in [6, 6.07) is 18.7. The smallest absolute Gasteiger partial charge is 0.268 e. The third-order valence-electron chi connectivity index (χ3n) is 5.29. The first kappa shape index (κ1) is 22.2. The number of ether oxygens (including phenoxy) is 1. The molecule has 1 heterocycles. The molecule has 0 saturated heterocycles. The van der Waals surface area contributed by atoms with Gasteiger partial charge < -0.3 is 4.74 Å². The molecule has 32 heavy (non-hydrogen) atoms. The van der Waals surface area contributed by atoms with Gasteiger partial charge in [0.05, 0.1) is 34.2 Å². The van der Waals surface area contributed by atoms with Crippen LogP contribution >= 0.6 is 23.2 Å². The van der Waals surface area contributed by atoms with E-state index in [0.717, 1.165) is 10.9 Å². The summed E-state index contributed by atoms with van der Waals surface area (Å²) in [5.41, 5.74) is 2.62. The van der Waals surface area contributed by atoms with Crippen molar-refractivity contribution >= 4 is 44.1 Å². The molecule has 0 radical (unpaired) electrons. The summed E-state index contributed by atoms with van der Waals surface area (Å²) >= 11 is 12.9. The van der Waals surface area contributed by atoms with E-state index < -0.39 is 10.0 Å². The summed E-state index contributed by atoms with van der Waals surface area (Å²) in [6.45, 7) is 1.85. The quantitative estimate of drug-likeness (QED) is 0.350. The van der Waals surface area contributed by atoms with Gasteiger partial charge in [-0.2, -0.15) is 5.26 Å². The average molecular weight is 485 g/mol. The Kier molecular flexibility index (Phi) is 5.91. The zero-order chi connectivity index (χ0) is 23.0. The van der Waals surface area contributed by atoms with Crippen LogP contribution in [0.3, 0.4) is 0 Å². The van der Waals surface area contributed by atoms with E-state index in [0.29, 0.717) is 38.1 Å². The van der Waals surface area contributed by atoms with Crippen molar-refractivity contribution in [3.05, 3.63) is 93.1 Å². The highest BCUT2D eigenvalue weighted by Crippen LogP contribution is 2.37. The Hall–Kier alpha value is -2.98. The number of rotatable bonds is 5. The average Bonchev–Trinajstić information content (AvgIpc) is 3.16. The summed E-state index contributed by atoms with van der Waals surface area (Å²) in [5.74, 6) is 0.447. The second-order valence-electron chi connectivity index (χ2n) is 7.27. The van der Waals surface area contributed by atoms with Gasteiger partial charge in [-0.3, -0.25) is 0 Å². The van der Waals surface area contributed by atoms with Gasteiger partial charge in [-0.05, 0) is 60.5 Å². The number of nitrogens with zero attached hydrogens (tertiary/aromatic N) is 2. The van der Waals surface area contributed by atoms with Gasteiger partial charge in [-0.25, -0.2) is 12.4 Å². The second-order valence-corrected chi connectivity index (χ2v) is 9.85. The van der Waals surface area contributed by atoms with Crippen molar-refractivity contribution in [2.45, 2.75) is 18.2 Å². The number of nitriles is 1. The molecule has 4 aromatic rings. The van der Waals surface area contributed by atoms with Crippen LogP contribution in [0.2, 0.25) is 10.0 Å². The van der Waals surface area contributed by atoms with Crippen molar-refractivity contribution in [3.63, 3.8) is 0 Å². The molecule has 0 aliphatic rings. The van der Waals surface area contributed by atoms with Crippen molar-refractivity contribution in [1.29, 1.82) is 5.26 Å². The van der Waals surface area contributed by atoms with Crippen LogP contribution in [-0.2, 0) is 16.4 Å². The van der Waals surface area contributed by atoms with Crippen LogP contribution < -0.4 is 4.74 Å². The molecule has 0 fully saturated rings. The molecule has 5 nitrogen and oxygen atoms in total. The van der Waals surface area contributed by atoms with Gasteiger partial charge in [0.15, 0.2) is 0 Å². The lowest BCUT2D eigenvalue weighted by Gasteiger charge is -2.15. The number of aromatic nitrogens is 1. The van der Waals surface area contributed by atoms with Gasteiger partial charge in [0.1, 0.15) is 5.75 Å². The third kappa shape index (κ3) is 3.73. The zero-order valence-electron chi connectivity index (χ0n) is 17.3. The number of methoxy groups -OCH3 is 1. The molecule has 0 saturated carbocycles. The minimum Gasteiger partial charge on any atom is -0.495 e. The first-order chi connectivity index (χ1) is 15.3. The molecule has 162 valence electrons. The highest BCUT2D eigenvalue weighted by molar-refractivity contribution is 7.90. The minimum atomic E-state index is -3.97. The SMILES string of the molecule is COc1ccc(Cl)c(Cc2cc3c(C)cc(C#N)cc3n2S(=O)(=O)c2ccccc2)c1Cl. The summed E-state index contributed by atoms with van der Waals surface area (Å²) in [4.78, 5) is 0.140. The number of hydrogen-bond acceptors (Lipinski definition) is 4. The Morgan fingerprint density at radius 1 is 1.06 bits per heavy atom. The lowest BCUT2D eigenvalue weighted by molar-refractivity contribution is 0.414. The third-order valence-corrected chi connectivity index (χ3v) is 7.84. The Morgan fingerprint density at radius 2 is 1.78 bits per heavy atom. The summed E-state index contributed by atoms with van der Waals surface area (Å²) in [5, 5.41) is 10.9. The Balaban J connectivity index is 2.04. The largest absolute Gasteiger partial charge is 0.495 e. The Labute approximate surface area is 196 Å². The standard InChI is InChI=1S/C24H18Cl2N2O3S/c1-15-10-16(14-27)11-22-19(15)12-17(13-20-21(25)8-9-23(31-2)24(20)26)28(22)32(29,30)18-6-4-3-5-7-18/h3-12H,13H2,1-2H3. The molecule has 0 aliphatic heterocycles. The van der Waals surface area contributed by atoms with Crippen LogP contribution in [0, 0.1) is 18.3 Å². The highest BCUT2D eigenvalue weighted by Gasteiger charge is 2.25. The molecule has 0 amide bonds. The van der Waals surface area contributed by atoms with Crippen LogP contribution in [0.1, 0.15) is 22.4 Å². The van der Waals surface area contributed by atoms with E-state index in [1.807, 2.05) is 6.92 Å². The molecule has 0 atom stereocenters. The number of fused-ring (bicyclic) bond motifs is 1. The monoisotopic (exact) mass is 484 g/mol. The normalized spacial score (nSPS) is 11.5. The van der Waals surface area contributed by atoms with E-state index in [1.54, 1.807) is 48.5 Å². The maximum atomic E-state index is 13.7. The lowest BCUT2D eigenvalue weighted by atomic mass is 10.1. The second kappa shape index (κ2) is 8.51. The first-order valence-corrected chi connectivity index (χ1v) is 11.8. The van der Waals surface area contributed by atoms with E-state index in [-0.39, 0.29) is 11.3 Å². The summed E-state index contributed by atoms with van der Waals surface area (Å²) < 4.78 is 34.0. The lowest BCUT2D eigenvalue weighted by Crippen LogP contribution is -2.16. The van der Waals surface area contributed by atoms with Gasteiger partial charge in [0, 0.05) is 22.5 Å². The maximum absolute atomic E-state index is 13.7. The van der Waals surface area contributed by atoms with E-state index >= 15 is 0 Å². The van der Waals surface area contributed by atoms with Crippen molar-refractivity contribution in [1.82, 2.24) is 3.97 Å². The van der Waals surface area contributed by atoms with Crippen molar-refractivity contribution in [3.8, 4) is 11.8 Å². The van der Waals surface area contributed by atoms with Gasteiger partial charge in [-0.1, -0.05) is 41.4 Å². The van der Waals surface area contributed by atoms with Crippen LogP contribution in [0.4, 0.5) is 0 Å². The van der Waals surface area contributed by atoms with Gasteiger partial charge in [0.2, 0.25) is 0 Å². The highest BCUT2D eigenvalue weighted by atomic mass is 35.5. The molecule has 0 aliphatic carbocycles. The van der Waals surface area contributed by atoms with Crippen molar-refractivity contribution < 1.29 is 13.2 Å². The predicted molar refractivity (Wildman–Crippen MR) is 126 cm³/mol. The fraction of sp³-hybridized carbons (Fsp3) is 0.125. The fourth-order valence-electron chi connectivity index (χ4n) is 3.76. The van der Waals surface area contributed by atoms with Crippen LogP contribution in [0.5, 0.6) is 5.75 Å². The topological polar surface area (TPSA) is 72.1 Å². The molecule has 4 rings (SSSR count). The van der Waals surface area contributed by atoms with E-state index in [2.05, 4.69) is 6.07 Å². The molecule has 3 aromatic carbocycles.